The third-order valence-electron chi connectivity index (χ3n) is 4.45. The first-order chi connectivity index (χ1) is 12.9. The Hall–Kier alpha value is -3.35. The zero-order chi connectivity index (χ0) is 19.6. The fraction of sp³-hybridized carbons (Fsp3) is 0.250. The topological polar surface area (TPSA) is 95.9 Å². The molecule has 0 saturated carbocycles. The number of hydrogen-bond acceptors (Lipinski definition) is 4. The summed E-state index contributed by atoms with van der Waals surface area (Å²) >= 11 is 0. The van der Waals surface area contributed by atoms with Gasteiger partial charge in [-0.2, -0.15) is 0 Å². The molecular formula is C20H20N2O5. The van der Waals surface area contributed by atoms with Crippen LogP contribution in [-0.2, 0) is 9.59 Å². The molecule has 0 aliphatic carbocycles. The highest BCUT2D eigenvalue weighted by molar-refractivity contribution is 5.99. The Bertz CT molecular complexity index is 923. The lowest BCUT2D eigenvalue weighted by atomic mass is 10.0. The molecular weight excluding hydrogens is 348 g/mol. The van der Waals surface area contributed by atoms with Crippen molar-refractivity contribution in [3.8, 4) is 5.75 Å². The van der Waals surface area contributed by atoms with E-state index in [1.165, 1.54) is 11.0 Å². The predicted molar refractivity (Wildman–Crippen MR) is 100 cm³/mol. The van der Waals surface area contributed by atoms with Crippen LogP contribution in [0.25, 0.3) is 0 Å². The number of anilines is 2. The van der Waals surface area contributed by atoms with E-state index in [1.807, 2.05) is 6.07 Å². The van der Waals surface area contributed by atoms with Gasteiger partial charge in [-0.25, -0.2) is 4.79 Å². The van der Waals surface area contributed by atoms with Crippen LogP contribution in [0.1, 0.15) is 27.9 Å². The van der Waals surface area contributed by atoms with E-state index in [-0.39, 0.29) is 37.0 Å². The van der Waals surface area contributed by atoms with Gasteiger partial charge in [0.1, 0.15) is 5.75 Å². The summed E-state index contributed by atoms with van der Waals surface area (Å²) < 4.78 is 5.38. The molecule has 1 aliphatic rings. The molecule has 0 bridgehead atoms. The SMILES string of the molecule is Cc1cc(C)c(C(=O)O)cc1NC(=O)CCN1C(=O)COc2ccccc21. The summed E-state index contributed by atoms with van der Waals surface area (Å²) in [4.78, 5) is 37.3. The maximum Gasteiger partial charge on any atom is 0.336 e. The lowest BCUT2D eigenvalue weighted by molar-refractivity contribution is -0.121. The number of benzene rings is 2. The van der Waals surface area contributed by atoms with Gasteiger partial charge in [0.2, 0.25) is 5.91 Å². The van der Waals surface area contributed by atoms with Gasteiger partial charge in [-0.1, -0.05) is 18.2 Å². The lowest BCUT2D eigenvalue weighted by Gasteiger charge is -2.29. The normalized spacial score (nSPS) is 13.0. The minimum atomic E-state index is -1.04. The summed E-state index contributed by atoms with van der Waals surface area (Å²) in [5, 5.41) is 12.0. The first-order valence-corrected chi connectivity index (χ1v) is 8.53. The molecule has 0 unspecified atom stereocenters. The van der Waals surface area contributed by atoms with E-state index >= 15 is 0 Å². The number of aromatic carboxylic acids is 1. The molecule has 0 aromatic heterocycles. The average Bonchev–Trinajstić information content (AvgIpc) is 2.62. The van der Waals surface area contributed by atoms with Crippen LogP contribution in [0.5, 0.6) is 5.75 Å². The van der Waals surface area contributed by atoms with Gasteiger partial charge in [0.25, 0.3) is 5.91 Å². The highest BCUT2D eigenvalue weighted by Gasteiger charge is 2.25. The van der Waals surface area contributed by atoms with Crippen LogP contribution < -0.4 is 15.0 Å². The number of amides is 2. The number of para-hydroxylation sites is 2. The zero-order valence-electron chi connectivity index (χ0n) is 15.1. The third kappa shape index (κ3) is 3.92. The molecule has 3 rings (SSSR count). The zero-order valence-corrected chi connectivity index (χ0v) is 15.1. The van der Waals surface area contributed by atoms with Crippen LogP contribution in [0.2, 0.25) is 0 Å². The van der Waals surface area contributed by atoms with Crippen molar-refractivity contribution >= 4 is 29.2 Å². The maximum absolute atomic E-state index is 12.4. The Morgan fingerprint density at radius 1 is 1.19 bits per heavy atom. The molecule has 2 aromatic rings. The van der Waals surface area contributed by atoms with Crippen LogP contribution in [0, 0.1) is 13.8 Å². The molecule has 1 heterocycles. The Morgan fingerprint density at radius 3 is 2.67 bits per heavy atom. The van der Waals surface area contributed by atoms with E-state index in [0.29, 0.717) is 22.7 Å². The molecule has 0 spiro atoms. The largest absolute Gasteiger partial charge is 0.482 e. The number of rotatable bonds is 5. The van der Waals surface area contributed by atoms with Crippen LogP contribution in [0.4, 0.5) is 11.4 Å². The van der Waals surface area contributed by atoms with Crippen molar-refractivity contribution in [1.29, 1.82) is 0 Å². The van der Waals surface area contributed by atoms with Crippen LogP contribution in [0.3, 0.4) is 0 Å². The standard InChI is InChI=1S/C20H20N2O5/c1-12-9-13(2)15(10-14(12)20(25)26)21-18(23)7-8-22-16-5-3-4-6-17(16)27-11-19(22)24/h3-6,9-10H,7-8,11H2,1-2H3,(H,21,23)(H,25,26). The lowest BCUT2D eigenvalue weighted by Crippen LogP contribution is -2.40. The van der Waals surface area contributed by atoms with Gasteiger partial charge in [-0.15, -0.1) is 0 Å². The highest BCUT2D eigenvalue weighted by Crippen LogP contribution is 2.31. The Labute approximate surface area is 156 Å². The summed E-state index contributed by atoms with van der Waals surface area (Å²) in [6.45, 7) is 3.67. The Balaban J connectivity index is 1.70. The number of carbonyl (C=O) groups excluding carboxylic acids is 2. The number of ether oxygens (including phenoxy) is 1. The molecule has 27 heavy (non-hydrogen) atoms. The summed E-state index contributed by atoms with van der Waals surface area (Å²) in [5.74, 6) is -0.937. The summed E-state index contributed by atoms with van der Waals surface area (Å²) in [5.41, 5.74) is 2.65. The summed E-state index contributed by atoms with van der Waals surface area (Å²) in [6, 6.07) is 10.4. The molecule has 7 heteroatoms. The van der Waals surface area contributed by atoms with E-state index in [4.69, 9.17) is 4.74 Å². The van der Waals surface area contributed by atoms with E-state index in [0.717, 1.165) is 5.56 Å². The summed E-state index contributed by atoms with van der Waals surface area (Å²) in [6.07, 6.45) is 0.0792. The van der Waals surface area contributed by atoms with Crippen LogP contribution >= 0.6 is 0 Å². The van der Waals surface area contributed by atoms with E-state index in [9.17, 15) is 19.5 Å². The van der Waals surface area contributed by atoms with Gasteiger partial charge in [-0.3, -0.25) is 9.59 Å². The number of carboxylic acid groups (broad SMARTS) is 1. The first kappa shape index (κ1) is 18.4. The van der Waals surface area contributed by atoms with Gasteiger partial charge in [0.05, 0.1) is 11.3 Å². The van der Waals surface area contributed by atoms with Gasteiger partial charge in [0, 0.05) is 18.7 Å². The predicted octanol–water partition coefficient (Wildman–Crippen LogP) is 2.76. The van der Waals surface area contributed by atoms with Crippen LogP contribution in [-0.4, -0.2) is 36.0 Å². The molecule has 2 amide bonds. The third-order valence-corrected chi connectivity index (χ3v) is 4.45. The second kappa shape index (κ2) is 7.49. The van der Waals surface area contributed by atoms with Gasteiger partial charge in [0.15, 0.2) is 6.61 Å². The fourth-order valence-electron chi connectivity index (χ4n) is 3.04. The highest BCUT2D eigenvalue weighted by atomic mass is 16.5. The number of carbonyl (C=O) groups is 3. The van der Waals surface area contributed by atoms with Crippen molar-refractivity contribution in [2.24, 2.45) is 0 Å². The quantitative estimate of drug-likeness (QED) is 0.846. The second-order valence-electron chi connectivity index (χ2n) is 6.39. The smallest absolute Gasteiger partial charge is 0.336 e. The maximum atomic E-state index is 12.4. The molecule has 2 aromatic carbocycles. The monoisotopic (exact) mass is 368 g/mol. The van der Waals surface area contributed by atoms with E-state index in [2.05, 4.69) is 5.32 Å². The summed E-state index contributed by atoms with van der Waals surface area (Å²) in [7, 11) is 0. The van der Waals surface area contributed by atoms with Crippen molar-refractivity contribution in [1.82, 2.24) is 0 Å². The number of nitrogens with zero attached hydrogens (tertiary/aromatic N) is 1. The van der Waals surface area contributed by atoms with Crippen molar-refractivity contribution in [2.45, 2.75) is 20.3 Å². The number of nitrogens with one attached hydrogen (secondary N) is 1. The number of hydrogen-bond donors (Lipinski definition) is 2. The van der Waals surface area contributed by atoms with E-state index in [1.54, 1.807) is 38.1 Å². The molecule has 0 saturated heterocycles. The molecule has 1 aliphatic heterocycles. The fourth-order valence-corrected chi connectivity index (χ4v) is 3.04. The first-order valence-electron chi connectivity index (χ1n) is 8.53. The minimum Gasteiger partial charge on any atom is -0.482 e. The molecule has 7 nitrogen and oxygen atoms in total. The number of carboxylic acids is 1. The Morgan fingerprint density at radius 2 is 1.93 bits per heavy atom. The molecule has 0 atom stereocenters. The number of fused-ring (bicyclic) bond motifs is 1. The van der Waals surface area contributed by atoms with Crippen molar-refractivity contribution in [3.05, 3.63) is 53.1 Å². The van der Waals surface area contributed by atoms with Gasteiger partial charge < -0.3 is 20.1 Å². The minimum absolute atomic E-state index is 0.0579. The second-order valence-corrected chi connectivity index (χ2v) is 6.39. The Kier molecular flexibility index (Phi) is 5.12. The molecule has 0 fully saturated rings. The molecule has 2 N–H and O–H groups in total. The van der Waals surface area contributed by atoms with Gasteiger partial charge in [-0.05, 0) is 43.2 Å². The van der Waals surface area contributed by atoms with Crippen molar-refractivity contribution in [2.75, 3.05) is 23.4 Å². The van der Waals surface area contributed by atoms with Crippen molar-refractivity contribution in [3.63, 3.8) is 0 Å². The van der Waals surface area contributed by atoms with E-state index < -0.39 is 5.97 Å². The average molecular weight is 368 g/mol. The number of aryl methyl sites for hydroxylation is 2. The van der Waals surface area contributed by atoms with Crippen molar-refractivity contribution < 1.29 is 24.2 Å². The molecule has 0 radical (unpaired) electrons. The van der Waals surface area contributed by atoms with Crippen LogP contribution in [0.15, 0.2) is 36.4 Å². The van der Waals surface area contributed by atoms with Gasteiger partial charge >= 0.3 is 5.97 Å². The molecule has 140 valence electrons.